The van der Waals surface area contributed by atoms with Crippen LogP contribution in [0, 0.1) is 0 Å². The zero-order valence-electron chi connectivity index (χ0n) is 9.30. The quantitative estimate of drug-likeness (QED) is 0.868. The van der Waals surface area contributed by atoms with Crippen molar-refractivity contribution in [2.45, 2.75) is 38.4 Å². The molecule has 0 aromatic carbocycles. The lowest BCUT2D eigenvalue weighted by Gasteiger charge is -2.10. The number of nitrogens with one attached hydrogen (secondary N) is 1. The third-order valence-electron chi connectivity index (χ3n) is 2.33. The largest absolute Gasteiger partial charge is 0.400 e. The van der Waals surface area contributed by atoms with Gasteiger partial charge in [-0.2, -0.15) is 18.2 Å². The molecule has 0 aliphatic carbocycles. The summed E-state index contributed by atoms with van der Waals surface area (Å²) in [6, 6.07) is 0.0895. The van der Waals surface area contributed by atoms with Gasteiger partial charge < -0.3 is 9.84 Å². The van der Waals surface area contributed by atoms with Gasteiger partial charge in [0.25, 0.3) is 0 Å². The molecule has 0 radical (unpaired) electrons. The molecule has 92 valence electrons. The van der Waals surface area contributed by atoms with Crippen LogP contribution in [0.15, 0.2) is 4.52 Å². The lowest BCUT2D eigenvalue weighted by Crippen LogP contribution is -2.24. The molecular weight excluding hydrogens is 223 g/mol. The Morgan fingerprint density at radius 1 is 1.38 bits per heavy atom. The number of hydrogen-bond donors (Lipinski definition) is 1. The first-order valence-corrected chi connectivity index (χ1v) is 4.91. The van der Waals surface area contributed by atoms with Crippen LogP contribution in [0.4, 0.5) is 13.2 Å². The van der Waals surface area contributed by atoms with Crippen LogP contribution < -0.4 is 5.32 Å². The molecule has 0 amide bonds. The summed E-state index contributed by atoms with van der Waals surface area (Å²) in [6.45, 7) is 2.88. The van der Waals surface area contributed by atoms with Gasteiger partial charge in [0.1, 0.15) is 5.92 Å². The summed E-state index contributed by atoms with van der Waals surface area (Å²) in [7, 11) is 1.75. The topological polar surface area (TPSA) is 51.0 Å². The van der Waals surface area contributed by atoms with Crippen molar-refractivity contribution in [3.63, 3.8) is 0 Å². The molecule has 1 heterocycles. The van der Waals surface area contributed by atoms with E-state index in [1.54, 1.807) is 7.05 Å². The Labute approximate surface area is 91.2 Å². The van der Waals surface area contributed by atoms with Crippen molar-refractivity contribution >= 4 is 0 Å². The van der Waals surface area contributed by atoms with Gasteiger partial charge in [0, 0.05) is 12.5 Å². The van der Waals surface area contributed by atoms with Crippen LogP contribution in [0.1, 0.15) is 31.5 Å². The molecule has 1 N–H and O–H groups in total. The Morgan fingerprint density at radius 2 is 2.00 bits per heavy atom. The first-order valence-electron chi connectivity index (χ1n) is 4.91. The molecule has 0 spiro atoms. The van der Waals surface area contributed by atoms with Crippen LogP contribution in [0.3, 0.4) is 0 Å². The fraction of sp³-hybridized carbons (Fsp3) is 0.778. The molecule has 1 aromatic rings. The minimum absolute atomic E-state index is 0.0895. The van der Waals surface area contributed by atoms with E-state index in [1.807, 2.05) is 6.92 Å². The molecule has 1 aromatic heterocycles. The van der Waals surface area contributed by atoms with E-state index in [0.29, 0.717) is 6.42 Å². The number of likely N-dealkylation sites (N-methyl/N-ethyl adjacent to an activating group) is 1. The highest BCUT2D eigenvalue weighted by Crippen LogP contribution is 2.33. The van der Waals surface area contributed by atoms with E-state index in [0.717, 1.165) is 6.92 Å². The van der Waals surface area contributed by atoms with Gasteiger partial charge in [0.2, 0.25) is 5.89 Å². The third kappa shape index (κ3) is 3.19. The van der Waals surface area contributed by atoms with Crippen LogP contribution >= 0.6 is 0 Å². The standard InChI is InChI=1S/C9H14F3N3O/c1-5(13-3)4-7-14-8(16-15-7)6(2)9(10,11)12/h5-6,13H,4H2,1-3H3. The van der Waals surface area contributed by atoms with Crippen molar-refractivity contribution in [3.8, 4) is 0 Å². The van der Waals surface area contributed by atoms with Crippen molar-refractivity contribution in [3.05, 3.63) is 11.7 Å². The Kier molecular flexibility index (Phi) is 3.90. The van der Waals surface area contributed by atoms with E-state index in [-0.39, 0.29) is 17.8 Å². The van der Waals surface area contributed by atoms with Crippen LogP contribution in [0.25, 0.3) is 0 Å². The van der Waals surface area contributed by atoms with Gasteiger partial charge in [0.05, 0.1) is 0 Å². The third-order valence-corrected chi connectivity index (χ3v) is 2.33. The number of nitrogens with zero attached hydrogens (tertiary/aromatic N) is 2. The maximum absolute atomic E-state index is 12.3. The summed E-state index contributed by atoms with van der Waals surface area (Å²) in [5.41, 5.74) is 0. The Hall–Kier alpha value is -1.11. The average molecular weight is 237 g/mol. The first-order chi connectivity index (χ1) is 7.34. The fourth-order valence-electron chi connectivity index (χ4n) is 1.04. The summed E-state index contributed by atoms with van der Waals surface area (Å²) < 4.78 is 41.6. The molecule has 2 unspecified atom stereocenters. The predicted octanol–water partition coefficient (Wildman–Crippen LogP) is 1.89. The van der Waals surface area contributed by atoms with Gasteiger partial charge in [-0.3, -0.25) is 0 Å². The van der Waals surface area contributed by atoms with E-state index >= 15 is 0 Å². The number of aromatic nitrogens is 2. The van der Waals surface area contributed by atoms with Crippen molar-refractivity contribution in [2.75, 3.05) is 7.05 Å². The predicted molar refractivity (Wildman–Crippen MR) is 51.0 cm³/mol. The van der Waals surface area contributed by atoms with Crippen LogP contribution in [-0.2, 0) is 6.42 Å². The molecular formula is C9H14F3N3O. The molecule has 1 rings (SSSR count). The molecule has 0 saturated carbocycles. The summed E-state index contributed by atoms with van der Waals surface area (Å²) >= 11 is 0. The van der Waals surface area contributed by atoms with Gasteiger partial charge in [-0.25, -0.2) is 0 Å². The molecule has 16 heavy (non-hydrogen) atoms. The smallest absolute Gasteiger partial charge is 0.339 e. The average Bonchev–Trinajstić information content (AvgIpc) is 2.63. The molecule has 0 aliphatic rings. The second-order valence-electron chi connectivity index (χ2n) is 3.71. The van der Waals surface area contributed by atoms with Crippen LogP contribution in [0.2, 0.25) is 0 Å². The Morgan fingerprint density at radius 3 is 2.50 bits per heavy atom. The minimum Gasteiger partial charge on any atom is -0.339 e. The van der Waals surface area contributed by atoms with E-state index in [4.69, 9.17) is 0 Å². The number of halogens is 3. The van der Waals surface area contributed by atoms with E-state index in [9.17, 15) is 13.2 Å². The van der Waals surface area contributed by atoms with Gasteiger partial charge in [-0.1, -0.05) is 5.16 Å². The van der Waals surface area contributed by atoms with E-state index in [1.165, 1.54) is 0 Å². The molecule has 0 bridgehead atoms. The lowest BCUT2D eigenvalue weighted by molar-refractivity contribution is -0.151. The van der Waals surface area contributed by atoms with Crippen LogP contribution in [-0.4, -0.2) is 29.4 Å². The summed E-state index contributed by atoms with van der Waals surface area (Å²) in [6.07, 6.45) is -3.91. The number of alkyl halides is 3. The summed E-state index contributed by atoms with van der Waals surface area (Å²) in [5.74, 6) is -1.82. The van der Waals surface area contributed by atoms with E-state index in [2.05, 4.69) is 20.0 Å². The van der Waals surface area contributed by atoms with E-state index < -0.39 is 12.1 Å². The highest BCUT2D eigenvalue weighted by atomic mass is 19.4. The molecule has 4 nitrogen and oxygen atoms in total. The van der Waals surface area contributed by atoms with Crippen molar-refractivity contribution < 1.29 is 17.7 Å². The Bertz CT molecular complexity index is 337. The summed E-state index contributed by atoms with van der Waals surface area (Å²) in [5, 5.41) is 6.45. The monoisotopic (exact) mass is 237 g/mol. The first kappa shape index (κ1) is 13.0. The SMILES string of the molecule is CNC(C)Cc1noc(C(C)C(F)(F)F)n1. The van der Waals surface area contributed by atoms with Gasteiger partial charge in [0.15, 0.2) is 5.82 Å². The van der Waals surface area contributed by atoms with Gasteiger partial charge in [-0.15, -0.1) is 0 Å². The minimum atomic E-state index is -4.35. The zero-order chi connectivity index (χ0) is 12.3. The summed E-state index contributed by atoms with van der Waals surface area (Å²) in [4.78, 5) is 3.73. The maximum atomic E-state index is 12.3. The molecule has 0 fully saturated rings. The lowest BCUT2D eigenvalue weighted by atomic mass is 10.2. The highest BCUT2D eigenvalue weighted by Gasteiger charge is 2.40. The van der Waals surface area contributed by atoms with Crippen molar-refractivity contribution in [2.24, 2.45) is 0 Å². The second-order valence-corrected chi connectivity index (χ2v) is 3.71. The normalized spacial score (nSPS) is 16.1. The fourth-order valence-corrected chi connectivity index (χ4v) is 1.04. The Balaban J connectivity index is 2.71. The number of rotatable bonds is 4. The highest BCUT2D eigenvalue weighted by molar-refractivity contribution is 4.96. The maximum Gasteiger partial charge on any atom is 0.400 e. The van der Waals surface area contributed by atoms with Crippen molar-refractivity contribution in [1.29, 1.82) is 0 Å². The second kappa shape index (κ2) is 4.82. The van der Waals surface area contributed by atoms with Gasteiger partial charge >= 0.3 is 6.18 Å². The molecule has 7 heteroatoms. The molecule has 2 atom stereocenters. The van der Waals surface area contributed by atoms with Crippen molar-refractivity contribution in [1.82, 2.24) is 15.5 Å². The molecule has 0 aliphatic heterocycles. The molecule has 0 saturated heterocycles. The van der Waals surface area contributed by atoms with Crippen LogP contribution in [0.5, 0.6) is 0 Å². The van der Waals surface area contributed by atoms with Gasteiger partial charge in [-0.05, 0) is 20.9 Å². The number of hydrogen-bond acceptors (Lipinski definition) is 4. The zero-order valence-corrected chi connectivity index (χ0v) is 9.30.